The smallest absolute Gasteiger partial charge is 0.345 e. The van der Waals surface area contributed by atoms with Crippen molar-refractivity contribution in [1.29, 1.82) is 0 Å². The van der Waals surface area contributed by atoms with Crippen LogP contribution in [0.4, 0.5) is 0 Å². The summed E-state index contributed by atoms with van der Waals surface area (Å²) in [5.41, 5.74) is 0. The number of aromatic carboxylic acids is 1. The first-order valence-corrected chi connectivity index (χ1v) is 4.81. The number of hydrogen-bond acceptors (Lipinski definition) is 4. The average molecular weight is 200 g/mol. The molecule has 0 aliphatic rings. The number of aromatic hydroxyl groups is 1. The van der Waals surface area contributed by atoms with E-state index in [2.05, 4.69) is 0 Å². The molecule has 0 aliphatic heterocycles. The van der Waals surface area contributed by atoms with Crippen molar-refractivity contribution < 1.29 is 15.0 Å². The van der Waals surface area contributed by atoms with Gasteiger partial charge in [-0.05, 0) is 6.07 Å². The molecule has 0 aromatic carbocycles. The van der Waals surface area contributed by atoms with Gasteiger partial charge in [-0.2, -0.15) is 0 Å². The normalized spacial score (nSPS) is 10.7. The number of carboxylic acid groups (broad SMARTS) is 1. The first-order valence-electron chi connectivity index (χ1n) is 3.12. The van der Waals surface area contributed by atoms with E-state index in [1.807, 2.05) is 0 Å². The molecule has 0 radical (unpaired) electrons. The van der Waals surface area contributed by atoms with Crippen molar-refractivity contribution in [1.82, 2.24) is 0 Å². The zero-order chi connectivity index (χ0) is 8.72. The Kier molecular flexibility index (Phi) is 1.55. The van der Waals surface area contributed by atoms with Crippen molar-refractivity contribution in [3.05, 3.63) is 16.3 Å². The topological polar surface area (TPSA) is 57.5 Å². The summed E-state index contributed by atoms with van der Waals surface area (Å²) in [4.78, 5) is 10.8. The van der Waals surface area contributed by atoms with Crippen molar-refractivity contribution >= 4 is 38.0 Å². The van der Waals surface area contributed by atoms with E-state index in [1.54, 1.807) is 5.38 Å². The third kappa shape index (κ3) is 0.981. The summed E-state index contributed by atoms with van der Waals surface area (Å²) < 4.78 is 0.852. The van der Waals surface area contributed by atoms with Crippen molar-refractivity contribution in [2.45, 2.75) is 0 Å². The van der Waals surface area contributed by atoms with Gasteiger partial charge in [0, 0.05) is 10.8 Å². The SMILES string of the molecule is O=C(O)c1cc2c(O)csc2s1. The molecule has 0 amide bonds. The molecule has 2 aromatic heterocycles. The maximum atomic E-state index is 10.5. The zero-order valence-electron chi connectivity index (χ0n) is 5.77. The summed E-state index contributed by atoms with van der Waals surface area (Å²) in [6, 6.07) is 1.49. The number of carbonyl (C=O) groups is 1. The van der Waals surface area contributed by atoms with Gasteiger partial charge in [-0.1, -0.05) is 0 Å². The number of rotatable bonds is 1. The molecule has 0 saturated carbocycles. The van der Waals surface area contributed by atoms with E-state index in [4.69, 9.17) is 5.11 Å². The largest absolute Gasteiger partial charge is 0.506 e. The molecular weight excluding hydrogens is 196 g/mol. The van der Waals surface area contributed by atoms with Crippen molar-refractivity contribution in [3.8, 4) is 5.75 Å². The zero-order valence-corrected chi connectivity index (χ0v) is 7.41. The van der Waals surface area contributed by atoms with Crippen LogP contribution in [0.25, 0.3) is 9.40 Å². The molecule has 2 aromatic rings. The Morgan fingerprint density at radius 3 is 2.83 bits per heavy atom. The highest BCUT2D eigenvalue weighted by atomic mass is 32.2. The van der Waals surface area contributed by atoms with Crippen molar-refractivity contribution in [3.63, 3.8) is 0 Å². The van der Waals surface area contributed by atoms with E-state index >= 15 is 0 Å². The standard InChI is InChI=1S/C7H4O3S2/c8-4-2-11-7-3(4)1-5(12-7)6(9)10/h1-2,8H,(H,9,10). The molecule has 5 heteroatoms. The molecule has 2 rings (SSSR count). The fourth-order valence-corrected chi connectivity index (χ4v) is 2.90. The molecule has 0 saturated heterocycles. The van der Waals surface area contributed by atoms with Gasteiger partial charge in [-0.25, -0.2) is 4.79 Å². The van der Waals surface area contributed by atoms with Crippen LogP contribution in [0.1, 0.15) is 9.67 Å². The molecule has 62 valence electrons. The molecule has 0 fully saturated rings. The quantitative estimate of drug-likeness (QED) is 0.743. The van der Waals surface area contributed by atoms with E-state index in [0.29, 0.717) is 5.39 Å². The van der Waals surface area contributed by atoms with Gasteiger partial charge in [0.1, 0.15) is 10.6 Å². The molecule has 0 bridgehead atoms. The molecule has 0 atom stereocenters. The minimum atomic E-state index is -0.942. The Hall–Kier alpha value is -1.07. The van der Waals surface area contributed by atoms with Gasteiger partial charge in [0.05, 0.1) is 4.01 Å². The van der Waals surface area contributed by atoms with Gasteiger partial charge in [-0.3, -0.25) is 0 Å². The van der Waals surface area contributed by atoms with Gasteiger partial charge in [0.15, 0.2) is 0 Å². The van der Waals surface area contributed by atoms with Gasteiger partial charge in [0.2, 0.25) is 0 Å². The van der Waals surface area contributed by atoms with Crippen LogP contribution in [0.5, 0.6) is 5.75 Å². The van der Waals surface area contributed by atoms with Gasteiger partial charge in [-0.15, -0.1) is 22.7 Å². The molecule has 3 nitrogen and oxygen atoms in total. The third-order valence-corrected chi connectivity index (χ3v) is 3.69. The van der Waals surface area contributed by atoms with Crippen molar-refractivity contribution in [2.24, 2.45) is 0 Å². The van der Waals surface area contributed by atoms with E-state index < -0.39 is 5.97 Å². The Balaban J connectivity index is 2.70. The van der Waals surface area contributed by atoms with Gasteiger partial charge < -0.3 is 10.2 Å². The first-order chi connectivity index (χ1) is 5.68. The highest BCUT2D eigenvalue weighted by Crippen LogP contribution is 2.37. The van der Waals surface area contributed by atoms with E-state index in [0.717, 1.165) is 4.01 Å². The second-order valence-electron chi connectivity index (χ2n) is 2.24. The molecule has 0 spiro atoms. The molecule has 0 unspecified atom stereocenters. The van der Waals surface area contributed by atoms with E-state index in [9.17, 15) is 9.90 Å². The minimum Gasteiger partial charge on any atom is -0.506 e. The van der Waals surface area contributed by atoms with Crippen LogP contribution in [0, 0.1) is 0 Å². The average Bonchev–Trinajstić information content (AvgIpc) is 2.53. The number of carboxylic acids is 1. The number of fused-ring (bicyclic) bond motifs is 1. The lowest BCUT2D eigenvalue weighted by molar-refractivity contribution is 0.0702. The second-order valence-corrected chi connectivity index (χ2v) is 4.43. The number of hydrogen-bond donors (Lipinski definition) is 2. The van der Waals surface area contributed by atoms with Crippen LogP contribution in [0.3, 0.4) is 0 Å². The maximum Gasteiger partial charge on any atom is 0.345 e. The minimum absolute atomic E-state index is 0.166. The third-order valence-electron chi connectivity index (χ3n) is 1.46. The summed E-state index contributed by atoms with van der Waals surface area (Å²) in [7, 11) is 0. The predicted octanol–water partition coefficient (Wildman–Crippen LogP) is 2.37. The fraction of sp³-hybridized carbons (Fsp3) is 0. The fourth-order valence-electron chi connectivity index (χ4n) is 0.919. The summed E-state index contributed by atoms with van der Waals surface area (Å²) in [6.07, 6.45) is 0. The Morgan fingerprint density at radius 2 is 2.25 bits per heavy atom. The lowest BCUT2D eigenvalue weighted by Gasteiger charge is -1.81. The molecular formula is C7H4O3S2. The van der Waals surface area contributed by atoms with Crippen LogP contribution in [0.2, 0.25) is 0 Å². The Bertz CT molecular complexity index is 440. The molecule has 2 heterocycles. The Labute approximate surface area is 75.5 Å². The van der Waals surface area contributed by atoms with E-state index in [-0.39, 0.29) is 10.6 Å². The second kappa shape index (κ2) is 2.46. The lowest BCUT2D eigenvalue weighted by atomic mass is 10.3. The summed E-state index contributed by atoms with van der Waals surface area (Å²) in [6.45, 7) is 0. The van der Waals surface area contributed by atoms with Crippen LogP contribution < -0.4 is 0 Å². The highest BCUT2D eigenvalue weighted by molar-refractivity contribution is 7.38. The summed E-state index contributed by atoms with van der Waals surface area (Å²) in [5.74, 6) is -0.776. The van der Waals surface area contributed by atoms with E-state index in [1.165, 1.54) is 28.7 Å². The monoisotopic (exact) mass is 200 g/mol. The lowest BCUT2D eigenvalue weighted by Crippen LogP contribution is -1.89. The van der Waals surface area contributed by atoms with Crippen LogP contribution in [-0.4, -0.2) is 16.2 Å². The Morgan fingerprint density at radius 1 is 1.50 bits per heavy atom. The van der Waals surface area contributed by atoms with Gasteiger partial charge in [0.25, 0.3) is 0 Å². The summed E-state index contributed by atoms with van der Waals surface area (Å²) in [5, 5.41) is 20.1. The molecule has 2 N–H and O–H groups in total. The molecule has 0 aliphatic carbocycles. The molecule has 12 heavy (non-hydrogen) atoms. The first kappa shape index (κ1) is 7.57. The highest BCUT2D eigenvalue weighted by Gasteiger charge is 2.11. The van der Waals surface area contributed by atoms with Crippen LogP contribution >= 0.6 is 22.7 Å². The van der Waals surface area contributed by atoms with Crippen LogP contribution in [-0.2, 0) is 0 Å². The van der Waals surface area contributed by atoms with Crippen LogP contribution in [0.15, 0.2) is 11.4 Å². The predicted molar refractivity (Wildman–Crippen MR) is 48.3 cm³/mol. The van der Waals surface area contributed by atoms with Crippen molar-refractivity contribution in [2.75, 3.05) is 0 Å². The number of thiophene rings is 2. The maximum absolute atomic E-state index is 10.5. The van der Waals surface area contributed by atoms with Gasteiger partial charge >= 0.3 is 5.97 Å². The summed E-state index contributed by atoms with van der Waals surface area (Å²) >= 11 is 2.54.